The molecule has 1 N–H and O–H groups in total. The van der Waals surface area contributed by atoms with Gasteiger partial charge in [0.2, 0.25) is 0 Å². The van der Waals surface area contributed by atoms with Crippen LogP contribution in [-0.2, 0) is 4.74 Å². The molecule has 0 aliphatic carbocycles. The van der Waals surface area contributed by atoms with E-state index in [1.807, 2.05) is 31.2 Å². The average molecular weight is 239 g/mol. The first kappa shape index (κ1) is 13.2. The molecule has 1 aromatic carbocycles. The van der Waals surface area contributed by atoms with Crippen LogP contribution in [0.1, 0.15) is 6.92 Å². The molecule has 0 bridgehead atoms. The van der Waals surface area contributed by atoms with E-state index in [1.165, 1.54) is 7.11 Å². The molecule has 1 rings (SSSR count). The number of carbonyl (C=O) groups is 1. The Kier molecular flexibility index (Phi) is 5.71. The highest BCUT2D eigenvalue weighted by Gasteiger charge is 1.99. The highest BCUT2D eigenvalue weighted by atomic mass is 16.5. The zero-order valence-electron chi connectivity index (χ0n) is 10.1. The van der Waals surface area contributed by atoms with Crippen LogP contribution in [-0.4, -0.2) is 33.0 Å². The van der Waals surface area contributed by atoms with Gasteiger partial charge in [-0.15, -0.1) is 0 Å². The minimum Gasteiger partial charge on any atom is -0.494 e. The highest BCUT2D eigenvalue weighted by molar-refractivity contribution is 5.66. The second kappa shape index (κ2) is 7.38. The fourth-order valence-electron chi connectivity index (χ4n) is 1.21. The Labute approximate surface area is 101 Å². The Morgan fingerprint density at radius 1 is 1.29 bits per heavy atom. The quantitative estimate of drug-likeness (QED) is 0.769. The number of amides is 1. The van der Waals surface area contributed by atoms with E-state index >= 15 is 0 Å². The Morgan fingerprint density at radius 3 is 2.65 bits per heavy atom. The van der Waals surface area contributed by atoms with Gasteiger partial charge in [0.15, 0.2) is 0 Å². The second-order valence-electron chi connectivity index (χ2n) is 3.17. The minimum atomic E-state index is -0.461. The molecule has 17 heavy (non-hydrogen) atoms. The summed E-state index contributed by atoms with van der Waals surface area (Å²) in [7, 11) is 1.32. The molecule has 0 unspecified atom stereocenters. The predicted octanol–water partition coefficient (Wildman–Crippen LogP) is 1.82. The molecule has 5 heteroatoms. The summed E-state index contributed by atoms with van der Waals surface area (Å²) in [4.78, 5) is 10.8. The second-order valence-corrected chi connectivity index (χ2v) is 3.17. The zero-order valence-corrected chi connectivity index (χ0v) is 10.1. The van der Waals surface area contributed by atoms with Gasteiger partial charge in [0.1, 0.15) is 18.1 Å². The molecule has 0 aromatic heterocycles. The third kappa shape index (κ3) is 5.10. The molecule has 0 fully saturated rings. The lowest BCUT2D eigenvalue weighted by Gasteiger charge is -2.08. The lowest BCUT2D eigenvalue weighted by molar-refractivity contribution is 0.168. The van der Waals surface area contributed by atoms with Crippen molar-refractivity contribution in [3.8, 4) is 11.5 Å². The van der Waals surface area contributed by atoms with Gasteiger partial charge in [-0.25, -0.2) is 4.79 Å². The van der Waals surface area contributed by atoms with Gasteiger partial charge < -0.3 is 19.5 Å². The van der Waals surface area contributed by atoms with E-state index in [0.29, 0.717) is 25.5 Å². The third-order valence-electron chi connectivity index (χ3n) is 1.94. The van der Waals surface area contributed by atoms with Crippen molar-refractivity contribution in [3.63, 3.8) is 0 Å². The highest BCUT2D eigenvalue weighted by Crippen LogP contribution is 2.18. The number of alkyl carbamates (subject to hydrolysis) is 1. The fraction of sp³-hybridized carbons (Fsp3) is 0.417. The number of benzene rings is 1. The average Bonchev–Trinajstić information content (AvgIpc) is 2.35. The maximum absolute atomic E-state index is 10.8. The number of ether oxygens (including phenoxy) is 3. The van der Waals surface area contributed by atoms with Gasteiger partial charge in [0, 0.05) is 6.07 Å². The van der Waals surface area contributed by atoms with Crippen LogP contribution in [0.15, 0.2) is 24.3 Å². The third-order valence-corrected chi connectivity index (χ3v) is 1.94. The first-order chi connectivity index (χ1) is 8.26. The molecule has 1 aromatic rings. The molecule has 0 spiro atoms. The van der Waals surface area contributed by atoms with E-state index in [1.54, 1.807) is 0 Å². The van der Waals surface area contributed by atoms with Crippen LogP contribution >= 0.6 is 0 Å². The number of carbonyl (C=O) groups excluding carboxylic acids is 1. The van der Waals surface area contributed by atoms with Crippen molar-refractivity contribution in [1.29, 1.82) is 0 Å². The normalized spacial score (nSPS) is 9.53. The van der Waals surface area contributed by atoms with Gasteiger partial charge in [0.05, 0.1) is 20.3 Å². The maximum atomic E-state index is 10.8. The van der Waals surface area contributed by atoms with Crippen molar-refractivity contribution in [2.75, 3.05) is 26.9 Å². The van der Waals surface area contributed by atoms with E-state index in [-0.39, 0.29) is 0 Å². The minimum absolute atomic E-state index is 0.380. The van der Waals surface area contributed by atoms with Crippen molar-refractivity contribution in [1.82, 2.24) is 5.32 Å². The summed E-state index contributed by atoms with van der Waals surface area (Å²) in [5.41, 5.74) is 0. The van der Waals surface area contributed by atoms with E-state index in [9.17, 15) is 4.79 Å². The van der Waals surface area contributed by atoms with Gasteiger partial charge in [-0.3, -0.25) is 0 Å². The Balaban J connectivity index is 2.31. The van der Waals surface area contributed by atoms with Crippen molar-refractivity contribution in [2.24, 2.45) is 0 Å². The van der Waals surface area contributed by atoms with Gasteiger partial charge in [0.25, 0.3) is 0 Å². The molecule has 5 nitrogen and oxygen atoms in total. The standard InChI is InChI=1S/C12H17NO4/c1-3-16-10-5-4-6-11(9-10)17-8-7-13-12(14)15-2/h4-6,9H,3,7-8H2,1-2H3,(H,13,14). The molecule has 0 radical (unpaired) electrons. The molecule has 0 atom stereocenters. The maximum Gasteiger partial charge on any atom is 0.406 e. The molecule has 0 saturated carbocycles. The van der Waals surface area contributed by atoms with Crippen molar-refractivity contribution in [3.05, 3.63) is 24.3 Å². The van der Waals surface area contributed by atoms with Crippen LogP contribution in [0.4, 0.5) is 4.79 Å². The van der Waals surface area contributed by atoms with Crippen LogP contribution < -0.4 is 14.8 Å². The van der Waals surface area contributed by atoms with Crippen molar-refractivity contribution < 1.29 is 19.0 Å². The first-order valence-electron chi connectivity index (χ1n) is 5.43. The van der Waals surface area contributed by atoms with Crippen LogP contribution in [0.2, 0.25) is 0 Å². The lowest BCUT2D eigenvalue weighted by atomic mass is 10.3. The number of nitrogens with one attached hydrogen (secondary N) is 1. The van der Waals surface area contributed by atoms with Crippen molar-refractivity contribution >= 4 is 6.09 Å². The number of hydrogen-bond acceptors (Lipinski definition) is 4. The molecule has 0 aliphatic rings. The summed E-state index contributed by atoms with van der Waals surface area (Å²) in [6.07, 6.45) is -0.461. The van der Waals surface area contributed by atoms with Crippen LogP contribution in [0, 0.1) is 0 Å². The fourth-order valence-corrected chi connectivity index (χ4v) is 1.21. The summed E-state index contributed by atoms with van der Waals surface area (Å²) in [5.74, 6) is 1.48. The van der Waals surface area contributed by atoms with Crippen LogP contribution in [0.5, 0.6) is 11.5 Å². The van der Waals surface area contributed by atoms with E-state index in [0.717, 1.165) is 5.75 Å². The molecule has 0 heterocycles. The van der Waals surface area contributed by atoms with Gasteiger partial charge in [-0.05, 0) is 19.1 Å². The summed E-state index contributed by atoms with van der Waals surface area (Å²) >= 11 is 0. The lowest BCUT2D eigenvalue weighted by Crippen LogP contribution is -2.27. The smallest absolute Gasteiger partial charge is 0.406 e. The first-order valence-corrected chi connectivity index (χ1v) is 5.43. The predicted molar refractivity (Wildman–Crippen MR) is 63.5 cm³/mol. The van der Waals surface area contributed by atoms with Crippen LogP contribution in [0.25, 0.3) is 0 Å². The topological polar surface area (TPSA) is 56.8 Å². The van der Waals surface area contributed by atoms with E-state index in [2.05, 4.69) is 10.1 Å². The number of hydrogen-bond donors (Lipinski definition) is 1. The monoisotopic (exact) mass is 239 g/mol. The molecule has 0 aliphatic heterocycles. The molecule has 0 saturated heterocycles. The molecular weight excluding hydrogens is 222 g/mol. The molecule has 1 amide bonds. The Morgan fingerprint density at radius 2 is 2.00 bits per heavy atom. The molecular formula is C12H17NO4. The van der Waals surface area contributed by atoms with Gasteiger partial charge >= 0.3 is 6.09 Å². The Bertz CT molecular complexity index is 354. The van der Waals surface area contributed by atoms with Crippen LogP contribution in [0.3, 0.4) is 0 Å². The number of rotatable bonds is 6. The van der Waals surface area contributed by atoms with E-state index < -0.39 is 6.09 Å². The van der Waals surface area contributed by atoms with E-state index in [4.69, 9.17) is 9.47 Å². The van der Waals surface area contributed by atoms with Crippen molar-refractivity contribution in [2.45, 2.75) is 6.92 Å². The zero-order chi connectivity index (χ0) is 12.5. The summed E-state index contributed by atoms with van der Waals surface area (Å²) in [5, 5.41) is 2.52. The summed E-state index contributed by atoms with van der Waals surface area (Å²) < 4.78 is 15.2. The SMILES string of the molecule is CCOc1cccc(OCCNC(=O)OC)c1. The largest absolute Gasteiger partial charge is 0.494 e. The summed E-state index contributed by atoms with van der Waals surface area (Å²) in [6.45, 7) is 3.32. The number of methoxy groups -OCH3 is 1. The van der Waals surface area contributed by atoms with Gasteiger partial charge in [-0.2, -0.15) is 0 Å². The molecule has 94 valence electrons. The van der Waals surface area contributed by atoms with Gasteiger partial charge in [-0.1, -0.05) is 6.07 Å². The Hall–Kier alpha value is -1.91. The summed E-state index contributed by atoms with van der Waals surface area (Å²) in [6, 6.07) is 7.36.